The Kier molecular flexibility index (Phi) is 14.0. The second-order valence-corrected chi connectivity index (χ2v) is 1.99. The fraction of sp³-hybridized carbons (Fsp3) is 0.455. The van der Waals surface area contributed by atoms with Crippen LogP contribution < -0.4 is 0 Å². The average molecular weight is 152 g/mol. The Morgan fingerprint density at radius 2 is 1.82 bits per heavy atom. The lowest BCUT2D eigenvalue weighted by molar-refractivity contribution is 1.10. The van der Waals surface area contributed by atoms with Crippen LogP contribution in [0.2, 0.25) is 0 Å². The molecule has 0 aromatic heterocycles. The first-order chi connectivity index (χ1) is 5.31. The van der Waals surface area contributed by atoms with E-state index >= 15 is 0 Å². The Morgan fingerprint density at radius 3 is 2.18 bits per heavy atom. The van der Waals surface area contributed by atoms with Gasteiger partial charge in [-0.2, -0.15) is 0 Å². The second kappa shape index (κ2) is 12.0. The van der Waals surface area contributed by atoms with E-state index in [9.17, 15) is 0 Å². The molecular formula is C11H20. The first-order valence-electron chi connectivity index (χ1n) is 4.26. The molecule has 0 saturated carbocycles. The highest BCUT2D eigenvalue weighted by molar-refractivity contribution is 5.13. The predicted octanol–water partition coefficient (Wildman–Crippen LogP) is 4.11. The van der Waals surface area contributed by atoms with Crippen LogP contribution in [-0.4, -0.2) is 0 Å². The van der Waals surface area contributed by atoms with Crippen LogP contribution >= 0.6 is 0 Å². The summed E-state index contributed by atoms with van der Waals surface area (Å²) in [6, 6.07) is 0. The zero-order valence-electron chi connectivity index (χ0n) is 8.22. The van der Waals surface area contributed by atoms with Crippen LogP contribution in [0.5, 0.6) is 0 Å². The Bertz CT molecular complexity index is 127. The third kappa shape index (κ3) is 12.4. The van der Waals surface area contributed by atoms with E-state index in [4.69, 9.17) is 0 Å². The van der Waals surface area contributed by atoms with E-state index < -0.39 is 0 Å². The lowest BCUT2D eigenvalue weighted by Crippen LogP contribution is -1.66. The quantitative estimate of drug-likeness (QED) is 0.534. The summed E-state index contributed by atoms with van der Waals surface area (Å²) in [6.07, 6.45) is 8.94. The van der Waals surface area contributed by atoms with E-state index in [0.29, 0.717) is 0 Å². The van der Waals surface area contributed by atoms with E-state index in [1.54, 1.807) is 6.08 Å². The van der Waals surface area contributed by atoms with Gasteiger partial charge >= 0.3 is 0 Å². The molecule has 0 heteroatoms. The van der Waals surface area contributed by atoms with Crippen molar-refractivity contribution in [1.29, 1.82) is 0 Å². The number of hydrogen-bond donors (Lipinski definition) is 0. The molecule has 0 radical (unpaired) electrons. The molecule has 0 rings (SSSR count). The smallest absolute Gasteiger partial charge is 0.0349 e. The number of allylic oxidation sites excluding steroid dienone is 5. The van der Waals surface area contributed by atoms with Gasteiger partial charge in [0.25, 0.3) is 0 Å². The fourth-order valence-corrected chi connectivity index (χ4v) is 0.416. The molecule has 0 aromatic rings. The maximum atomic E-state index is 3.57. The summed E-state index contributed by atoms with van der Waals surface area (Å²) in [5.74, 6) is 0. The minimum atomic E-state index is 1.13. The van der Waals surface area contributed by atoms with Crippen molar-refractivity contribution in [3.63, 3.8) is 0 Å². The Hall–Kier alpha value is -0.780. The fourth-order valence-electron chi connectivity index (χ4n) is 0.416. The lowest BCUT2D eigenvalue weighted by Gasteiger charge is -1.87. The van der Waals surface area contributed by atoms with Crippen molar-refractivity contribution in [2.75, 3.05) is 0 Å². The van der Waals surface area contributed by atoms with Crippen LogP contribution in [0, 0.1) is 0 Å². The molecule has 0 saturated heterocycles. The third-order valence-corrected chi connectivity index (χ3v) is 1.19. The molecule has 0 bridgehead atoms. The van der Waals surface area contributed by atoms with Gasteiger partial charge in [0.1, 0.15) is 0 Å². The first kappa shape index (κ1) is 12.9. The van der Waals surface area contributed by atoms with E-state index in [2.05, 4.69) is 26.5 Å². The SMILES string of the molecule is C=C/C=C\C=C(/C)CC.CC. The van der Waals surface area contributed by atoms with Crippen LogP contribution in [-0.2, 0) is 0 Å². The van der Waals surface area contributed by atoms with Gasteiger partial charge in [0, 0.05) is 0 Å². The minimum Gasteiger partial charge on any atom is -0.0991 e. The molecule has 0 aliphatic heterocycles. The van der Waals surface area contributed by atoms with Crippen molar-refractivity contribution >= 4 is 0 Å². The molecule has 0 atom stereocenters. The van der Waals surface area contributed by atoms with Gasteiger partial charge in [-0.15, -0.1) is 0 Å². The van der Waals surface area contributed by atoms with Crippen molar-refractivity contribution in [2.45, 2.75) is 34.1 Å². The van der Waals surface area contributed by atoms with E-state index in [-0.39, 0.29) is 0 Å². The largest absolute Gasteiger partial charge is 0.0991 e. The maximum Gasteiger partial charge on any atom is -0.0349 e. The summed E-state index contributed by atoms with van der Waals surface area (Å²) in [6.45, 7) is 11.8. The molecule has 0 unspecified atom stereocenters. The highest BCUT2D eigenvalue weighted by Gasteiger charge is 1.76. The van der Waals surface area contributed by atoms with E-state index in [0.717, 1.165) is 6.42 Å². The topological polar surface area (TPSA) is 0 Å². The molecule has 0 fully saturated rings. The summed E-state index contributed by atoms with van der Waals surface area (Å²) >= 11 is 0. The van der Waals surface area contributed by atoms with E-state index in [1.165, 1.54) is 5.57 Å². The van der Waals surface area contributed by atoms with E-state index in [1.807, 2.05) is 26.0 Å². The minimum absolute atomic E-state index is 1.13. The summed E-state index contributed by atoms with van der Waals surface area (Å²) in [4.78, 5) is 0. The number of hydrogen-bond acceptors (Lipinski definition) is 0. The maximum absolute atomic E-state index is 3.57. The molecule has 0 heterocycles. The zero-order valence-corrected chi connectivity index (χ0v) is 8.22. The van der Waals surface area contributed by atoms with Crippen molar-refractivity contribution in [2.24, 2.45) is 0 Å². The van der Waals surface area contributed by atoms with Gasteiger partial charge in [-0.05, 0) is 13.3 Å². The molecular weight excluding hydrogens is 132 g/mol. The standard InChI is InChI=1S/C9H14.C2H6/c1-4-6-7-8-9(3)5-2;1-2/h4,6-8H,1,5H2,2-3H3;1-2H3/b7-6-,9-8+;. The monoisotopic (exact) mass is 152 g/mol. The Balaban J connectivity index is 0. The van der Waals surface area contributed by atoms with Gasteiger partial charge in [-0.25, -0.2) is 0 Å². The zero-order chi connectivity index (χ0) is 9.11. The molecule has 0 aliphatic rings. The van der Waals surface area contributed by atoms with Gasteiger partial charge in [0.2, 0.25) is 0 Å². The molecule has 0 amide bonds. The molecule has 64 valence electrons. The van der Waals surface area contributed by atoms with Crippen LogP contribution in [0.15, 0.2) is 36.5 Å². The van der Waals surface area contributed by atoms with Crippen LogP contribution in [0.25, 0.3) is 0 Å². The molecule has 0 nitrogen and oxygen atoms in total. The second-order valence-electron chi connectivity index (χ2n) is 1.99. The van der Waals surface area contributed by atoms with Crippen molar-refractivity contribution < 1.29 is 0 Å². The van der Waals surface area contributed by atoms with Gasteiger partial charge in [0.15, 0.2) is 0 Å². The molecule has 11 heavy (non-hydrogen) atoms. The lowest BCUT2D eigenvalue weighted by atomic mass is 10.2. The van der Waals surface area contributed by atoms with Crippen molar-refractivity contribution in [3.05, 3.63) is 36.5 Å². The van der Waals surface area contributed by atoms with Crippen LogP contribution in [0.1, 0.15) is 34.1 Å². The summed E-state index contributed by atoms with van der Waals surface area (Å²) in [7, 11) is 0. The summed E-state index contributed by atoms with van der Waals surface area (Å²) in [5.41, 5.74) is 1.40. The number of rotatable bonds is 3. The molecule has 0 spiro atoms. The highest BCUT2D eigenvalue weighted by atomic mass is 13.8. The van der Waals surface area contributed by atoms with Crippen LogP contribution in [0.3, 0.4) is 0 Å². The Morgan fingerprint density at radius 1 is 1.27 bits per heavy atom. The molecule has 0 N–H and O–H groups in total. The van der Waals surface area contributed by atoms with Crippen molar-refractivity contribution in [3.8, 4) is 0 Å². The summed E-state index contributed by atoms with van der Waals surface area (Å²) in [5, 5.41) is 0. The van der Waals surface area contributed by atoms with Gasteiger partial charge < -0.3 is 0 Å². The highest BCUT2D eigenvalue weighted by Crippen LogP contribution is 1.96. The normalized spacial score (nSPS) is 10.7. The summed E-state index contributed by atoms with van der Waals surface area (Å²) < 4.78 is 0. The van der Waals surface area contributed by atoms with Crippen molar-refractivity contribution in [1.82, 2.24) is 0 Å². The van der Waals surface area contributed by atoms with Crippen LogP contribution in [0.4, 0.5) is 0 Å². The Labute approximate surface area is 71.3 Å². The first-order valence-corrected chi connectivity index (χ1v) is 4.26. The average Bonchev–Trinajstić information content (AvgIpc) is 2.08. The molecule has 0 aliphatic carbocycles. The predicted molar refractivity (Wildman–Crippen MR) is 54.7 cm³/mol. The van der Waals surface area contributed by atoms with Gasteiger partial charge in [-0.3, -0.25) is 0 Å². The third-order valence-electron chi connectivity index (χ3n) is 1.19. The molecule has 0 aromatic carbocycles. The van der Waals surface area contributed by atoms with Gasteiger partial charge in [0.05, 0.1) is 0 Å². The van der Waals surface area contributed by atoms with Gasteiger partial charge in [-0.1, -0.05) is 57.2 Å².